The van der Waals surface area contributed by atoms with Gasteiger partial charge in [0.05, 0.1) is 40.8 Å². The zero-order chi connectivity index (χ0) is 29.2. The minimum Gasteiger partial charge on any atom is -1.00 e. The molecule has 42 heavy (non-hydrogen) atoms. The highest BCUT2D eigenvalue weighted by molar-refractivity contribution is 5.72. The van der Waals surface area contributed by atoms with Gasteiger partial charge in [-0.3, -0.25) is 9.28 Å². The first-order valence-electron chi connectivity index (χ1n) is 15.4. The number of esters is 1. The van der Waals surface area contributed by atoms with Crippen LogP contribution in [0.5, 0.6) is 11.5 Å². The van der Waals surface area contributed by atoms with E-state index in [2.05, 4.69) is 45.4 Å². The number of unbranched alkanes of at least 4 members (excludes halogenated alkanes) is 9. The third-order valence-electron chi connectivity index (χ3n) is 7.20. The van der Waals surface area contributed by atoms with Gasteiger partial charge in [0.15, 0.2) is 0 Å². The maximum absolute atomic E-state index is 12.1. The van der Waals surface area contributed by atoms with E-state index in [1.165, 1.54) is 50.6 Å². The van der Waals surface area contributed by atoms with Crippen molar-refractivity contribution >= 4 is 11.7 Å². The highest BCUT2D eigenvalue weighted by atomic mass is 127. The molecule has 3 rings (SSSR count). The summed E-state index contributed by atoms with van der Waals surface area (Å²) in [5.74, 6) is 1.63. The van der Waals surface area contributed by atoms with Gasteiger partial charge in [-0.1, -0.05) is 93.8 Å². The summed E-state index contributed by atoms with van der Waals surface area (Å²) in [6.07, 6.45) is 12.4. The third-order valence-corrected chi connectivity index (χ3v) is 7.20. The largest absolute Gasteiger partial charge is 1.00 e. The lowest BCUT2D eigenvalue weighted by atomic mass is 10.1. The second-order valence-corrected chi connectivity index (χ2v) is 11.7. The molecule has 0 spiro atoms. The lowest BCUT2D eigenvalue weighted by molar-refractivity contribution is -0.142. The van der Waals surface area contributed by atoms with Crippen molar-refractivity contribution in [1.82, 2.24) is 4.48 Å². The smallest absolute Gasteiger partial charge is 0.310 e. The molecule has 0 N–H and O–H groups in total. The lowest BCUT2D eigenvalue weighted by Gasteiger charge is -2.23. The van der Waals surface area contributed by atoms with Crippen molar-refractivity contribution in [2.45, 2.75) is 77.2 Å². The molecule has 3 aromatic rings. The molecule has 0 bridgehead atoms. The van der Waals surface area contributed by atoms with Gasteiger partial charge in [0.25, 0.3) is 0 Å². The molecule has 230 valence electrons. The number of carbonyl (C=O) groups is 1. The summed E-state index contributed by atoms with van der Waals surface area (Å²) >= 11 is 0. The maximum Gasteiger partial charge on any atom is 0.310 e. The molecule has 6 heteroatoms. The van der Waals surface area contributed by atoms with Gasteiger partial charge in [-0.2, -0.15) is 0 Å². The van der Waals surface area contributed by atoms with E-state index in [1.54, 1.807) is 0 Å². The molecule has 0 radical (unpaired) electrons. The first kappa shape index (κ1) is 35.6. The van der Waals surface area contributed by atoms with Gasteiger partial charge in [-0.15, -0.1) is 0 Å². The van der Waals surface area contributed by atoms with Crippen molar-refractivity contribution in [3.63, 3.8) is 0 Å². The Labute approximate surface area is 271 Å². The van der Waals surface area contributed by atoms with Gasteiger partial charge < -0.3 is 38.2 Å². The molecular formula is C36H50INO4. The Balaban J connectivity index is 0.00000616. The fraction of sp³-hybridized carbons (Fsp3) is 0.472. The van der Waals surface area contributed by atoms with E-state index in [0.29, 0.717) is 19.6 Å². The number of halogens is 1. The average Bonchev–Trinajstić information content (AvgIpc) is 2.97. The highest BCUT2D eigenvalue weighted by Crippen LogP contribution is 2.20. The molecule has 0 saturated heterocycles. The van der Waals surface area contributed by atoms with Crippen molar-refractivity contribution in [2.75, 3.05) is 34.4 Å². The quantitative estimate of drug-likeness (QED) is 0.0679. The van der Waals surface area contributed by atoms with E-state index in [9.17, 15) is 4.79 Å². The van der Waals surface area contributed by atoms with Crippen molar-refractivity contribution in [2.24, 2.45) is 0 Å². The number of ether oxygens (including phenoxy) is 3. The first-order valence-corrected chi connectivity index (χ1v) is 15.4. The van der Waals surface area contributed by atoms with E-state index < -0.39 is 0 Å². The first-order chi connectivity index (χ1) is 19.9. The van der Waals surface area contributed by atoms with Crippen LogP contribution in [0.3, 0.4) is 0 Å². The average molecular weight is 688 g/mol. The zero-order valence-electron chi connectivity index (χ0n) is 25.9. The molecule has 0 aromatic heterocycles. The predicted molar refractivity (Wildman–Crippen MR) is 170 cm³/mol. The van der Waals surface area contributed by atoms with Gasteiger partial charge in [-0.05, 0) is 60.4 Å². The number of nitrogens with zero attached hydrogens (tertiary/aromatic N) is 1. The van der Waals surface area contributed by atoms with Crippen molar-refractivity contribution in [3.8, 4) is 11.5 Å². The zero-order valence-corrected chi connectivity index (χ0v) is 28.0. The molecule has 0 fully saturated rings. The number of benzene rings is 3. The summed E-state index contributed by atoms with van der Waals surface area (Å²) in [6, 6.07) is 26.3. The minimum atomic E-state index is -0.129. The highest BCUT2D eigenvalue weighted by Gasteiger charge is 2.12. The fourth-order valence-corrected chi connectivity index (χ4v) is 4.65. The minimum absolute atomic E-state index is 0. The summed E-state index contributed by atoms with van der Waals surface area (Å²) in [6.45, 7) is 1.87. The fourth-order valence-electron chi connectivity index (χ4n) is 4.65. The Bertz CT molecular complexity index is 1110. The van der Waals surface area contributed by atoms with E-state index in [-0.39, 0.29) is 29.9 Å². The van der Waals surface area contributed by atoms with Crippen LogP contribution in [-0.2, 0) is 22.6 Å². The number of quaternary nitrogens is 1. The van der Waals surface area contributed by atoms with Gasteiger partial charge in [0.1, 0.15) is 23.8 Å². The molecule has 0 heterocycles. The molecule has 0 saturated carbocycles. The standard InChI is InChI=1S/C36H50NO4.HI/c1-37(2,3)33-21-19-31(20-22-33)29-36(38)40-28-16-11-9-7-5-4-6-8-10-15-27-39-34-23-25-35(26-24-34)41-30-32-17-13-12-14-18-32;/h12-14,17-26H,4-11,15-16,27-30H2,1-3H3;1H/q+1;/p-1. The van der Waals surface area contributed by atoms with Crippen LogP contribution in [0.25, 0.3) is 0 Å². The van der Waals surface area contributed by atoms with Crippen LogP contribution in [0, 0.1) is 0 Å². The van der Waals surface area contributed by atoms with Crippen LogP contribution in [0.2, 0.25) is 0 Å². The Kier molecular flexibility index (Phi) is 17.3. The van der Waals surface area contributed by atoms with Crippen molar-refractivity contribution in [3.05, 3.63) is 90.0 Å². The van der Waals surface area contributed by atoms with E-state index in [4.69, 9.17) is 14.2 Å². The van der Waals surface area contributed by atoms with Crippen LogP contribution >= 0.6 is 0 Å². The lowest BCUT2D eigenvalue weighted by Crippen LogP contribution is -3.00. The third kappa shape index (κ3) is 15.1. The van der Waals surface area contributed by atoms with Gasteiger partial charge in [-0.25, -0.2) is 0 Å². The Hall–Kier alpha value is -2.58. The Morgan fingerprint density at radius 2 is 1.07 bits per heavy atom. The Morgan fingerprint density at radius 1 is 0.571 bits per heavy atom. The van der Waals surface area contributed by atoms with Crippen LogP contribution in [0.4, 0.5) is 5.69 Å². The molecule has 0 unspecified atom stereocenters. The van der Waals surface area contributed by atoms with Crippen LogP contribution in [0.1, 0.15) is 75.3 Å². The molecule has 0 aliphatic carbocycles. The SMILES string of the molecule is C[N+](C)(C)c1ccc(CC(=O)OCCCCCCCCCCCCOc2ccc(OCc3ccccc3)cc2)cc1.[I-]. The van der Waals surface area contributed by atoms with E-state index in [1.807, 2.05) is 54.6 Å². The van der Waals surface area contributed by atoms with E-state index in [0.717, 1.165) is 53.0 Å². The van der Waals surface area contributed by atoms with Gasteiger partial charge in [0.2, 0.25) is 0 Å². The number of hydrogen-bond donors (Lipinski definition) is 0. The monoisotopic (exact) mass is 687 g/mol. The molecule has 0 amide bonds. The molecule has 3 aromatic carbocycles. The normalized spacial score (nSPS) is 11.0. The molecule has 5 nitrogen and oxygen atoms in total. The molecule has 0 aliphatic rings. The number of rotatable bonds is 20. The molecular weight excluding hydrogens is 637 g/mol. The van der Waals surface area contributed by atoms with Gasteiger partial charge in [0, 0.05) is 0 Å². The van der Waals surface area contributed by atoms with Crippen molar-refractivity contribution < 1.29 is 43.0 Å². The maximum atomic E-state index is 12.1. The summed E-state index contributed by atoms with van der Waals surface area (Å²) in [5, 5.41) is 0. The van der Waals surface area contributed by atoms with Crippen molar-refractivity contribution in [1.29, 1.82) is 0 Å². The van der Waals surface area contributed by atoms with Crippen LogP contribution < -0.4 is 37.9 Å². The summed E-state index contributed by atoms with van der Waals surface area (Å²) < 4.78 is 17.9. The second-order valence-electron chi connectivity index (χ2n) is 11.7. The summed E-state index contributed by atoms with van der Waals surface area (Å²) in [7, 11) is 6.40. The number of carbonyl (C=O) groups excluding carboxylic acids is 1. The second kappa shape index (κ2) is 20.3. The summed E-state index contributed by atoms with van der Waals surface area (Å²) in [4.78, 5) is 12.1. The van der Waals surface area contributed by atoms with Crippen LogP contribution in [0.15, 0.2) is 78.9 Å². The topological polar surface area (TPSA) is 44.8 Å². The Morgan fingerprint density at radius 3 is 1.62 bits per heavy atom. The molecule has 0 atom stereocenters. The summed E-state index contributed by atoms with van der Waals surface area (Å²) in [5.41, 5.74) is 3.39. The molecule has 0 aliphatic heterocycles. The number of hydrogen-bond acceptors (Lipinski definition) is 4. The predicted octanol–water partition coefficient (Wildman–Crippen LogP) is 5.53. The van der Waals surface area contributed by atoms with Crippen LogP contribution in [-0.4, -0.2) is 40.3 Å². The van der Waals surface area contributed by atoms with E-state index >= 15 is 0 Å². The van der Waals surface area contributed by atoms with Gasteiger partial charge >= 0.3 is 5.97 Å².